The molecule has 2 heterocycles. The van der Waals surface area contributed by atoms with Gasteiger partial charge >= 0.3 is 6.09 Å². The average molecular weight is 346 g/mol. The summed E-state index contributed by atoms with van der Waals surface area (Å²) in [4.78, 5) is 43.9. The lowest BCUT2D eigenvalue weighted by atomic mass is 10.1. The summed E-state index contributed by atoms with van der Waals surface area (Å²) in [7, 11) is 0. The highest BCUT2D eigenvalue weighted by Crippen LogP contribution is 2.25. The van der Waals surface area contributed by atoms with Crippen molar-refractivity contribution in [2.45, 2.75) is 45.3 Å². The van der Waals surface area contributed by atoms with E-state index in [0.717, 1.165) is 17.9 Å². The number of rotatable bonds is 3. The van der Waals surface area contributed by atoms with Gasteiger partial charge in [0.2, 0.25) is 0 Å². The number of fused-ring (bicyclic) bond motifs is 1. The maximum atomic E-state index is 12.3. The van der Waals surface area contributed by atoms with Crippen LogP contribution in [-0.4, -0.2) is 52.7 Å². The minimum atomic E-state index is -0.576. The molecule has 1 aromatic carbocycles. The van der Waals surface area contributed by atoms with Gasteiger partial charge in [-0.2, -0.15) is 0 Å². The number of likely N-dealkylation sites (tertiary alicyclic amines) is 1. The summed E-state index contributed by atoms with van der Waals surface area (Å²) in [6.45, 7) is 6.08. The molecule has 2 aliphatic heterocycles. The summed E-state index contributed by atoms with van der Waals surface area (Å²) in [6, 6.07) is 6.38. The number of imide groups is 1. The Morgan fingerprint density at radius 2 is 1.76 bits per heavy atom. The van der Waals surface area contributed by atoms with Gasteiger partial charge in [0.15, 0.2) is 0 Å². The van der Waals surface area contributed by atoms with Crippen molar-refractivity contribution in [1.29, 1.82) is 0 Å². The lowest BCUT2D eigenvalue weighted by molar-refractivity contribution is -0.104. The van der Waals surface area contributed by atoms with Crippen molar-refractivity contribution in [2.24, 2.45) is 0 Å². The zero-order valence-electron chi connectivity index (χ0n) is 14.7. The van der Waals surface area contributed by atoms with Gasteiger partial charge in [-0.3, -0.25) is 14.4 Å². The van der Waals surface area contributed by atoms with Crippen molar-refractivity contribution >= 4 is 17.9 Å². The number of carbonyl (C=O) groups is 3. The van der Waals surface area contributed by atoms with Gasteiger partial charge in [-0.05, 0) is 45.7 Å². The van der Waals surface area contributed by atoms with Crippen LogP contribution in [-0.2, 0) is 9.57 Å². The summed E-state index contributed by atoms with van der Waals surface area (Å²) in [5.74, 6) is -0.940. The van der Waals surface area contributed by atoms with E-state index in [4.69, 9.17) is 9.57 Å². The molecule has 0 bridgehead atoms. The van der Waals surface area contributed by atoms with Crippen molar-refractivity contribution in [3.05, 3.63) is 35.4 Å². The molecule has 3 amide bonds. The third-order valence-electron chi connectivity index (χ3n) is 4.16. The van der Waals surface area contributed by atoms with Crippen LogP contribution in [0.4, 0.5) is 4.79 Å². The highest BCUT2D eigenvalue weighted by Gasteiger charge is 2.38. The fourth-order valence-electron chi connectivity index (χ4n) is 3.01. The zero-order chi connectivity index (χ0) is 18.2. The molecule has 0 saturated carbocycles. The molecule has 0 unspecified atom stereocenters. The minimum Gasteiger partial charge on any atom is -0.444 e. The summed E-state index contributed by atoms with van der Waals surface area (Å²) < 4.78 is 5.40. The Morgan fingerprint density at radius 3 is 2.32 bits per heavy atom. The number of nitrogens with zero attached hydrogens (tertiary/aromatic N) is 2. The van der Waals surface area contributed by atoms with E-state index in [0.29, 0.717) is 17.7 Å². The van der Waals surface area contributed by atoms with E-state index < -0.39 is 23.5 Å². The third-order valence-corrected chi connectivity index (χ3v) is 4.16. The molecule has 0 aromatic heterocycles. The first kappa shape index (κ1) is 17.4. The van der Waals surface area contributed by atoms with E-state index in [1.807, 2.05) is 20.8 Å². The molecule has 134 valence electrons. The smallest absolute Gasteiger partial charge is 0.410 e. The van der Waals surface area contributed by atoms with Crippen molar-refractivity contribution < 1.29 is 24.0 Å². The molecule has 0 N–H and O–H groups in total. The second-order valence-corrected chi connectivity index (χ2v) is 7.22. The number of amides is 3. The molecule has 0 radical (unpaired) electrons. The van der Waals surface area contributed by atoms with Crippen molar-refractivity contribution in [3.63, 3.8) is 0 Å². The molecule has 1 saturated heterocycles. The molecule has 1 aromatic rings. The van der Waals surface area contributed by atoms with Crippen molar-refractivity contribution in [1.82, 2.24) is 9.96 Å². The van der Waals surface area contributed by atoms with Crippen LogP contribution in [0.1, 0.15) is 54.3 Å². The Labute approximate surface area is 146 Å². The maximum Gasteiger partial charge on any atom is 0.410 e. The fourth-order valence-corrected chi connectivity index (χ4v) is 3.01. The zero-order valence-corrected chi connectivity index (χ0v) is 14.7. The van der Waals surface area contributed by atoms with Gasteiger partial charge in [-0.1, -0.05) is 12.1 Å². The van der Waals surface area contributed by atoms with Gasteiger partial charge in [0.25, 0.3) is 11.8 Å². The average Bonchev–Trinajstić information content (AvgIpc) is 3.09. The van der Waals surface area contributed by atoms with E-state index in [9.17, 15) is 14.4 Å². The topological polar surface area (TPSA) is 76.2 Å². The van der Waals surface area contributed by atoms with Crippen LogP contribution < -0.4 is 0 Å². The fraction of sp³-hybridized carbons (Fsp3) is 0.500. The lowest BCUT2D eigenvalue weighted by Gasteiger charge is -2.29. The lowest BCUT2D eigenvalue weighted by Crippen LogP contribution is -2.43. The molecule has 3 rings (SSSR count). The third kappa shape index (κ3) is 3.51. The molecule has 2 aliphatic rings. The molecule has 25 heavy (non-hydrogen) atoms. The minimum absolute atomic E-state index is 0.0741. The van der Waals surface area contributed by atoms with Crippen LogP contribution >= 0.6 is 0 Å². The standard InChI is InChI=1S/C18H22N2O5/c1-18(2,3)25-17(23)19-10-6-7-12(19)11-24-20-15(21)13-8-4-5-9-14(13)16(20)22/h4-5,8-9,12H,6-7,10-11H2,1-3H3/t12-/m0/s1. The molecular formula is C18H22N2O5. The van der Waals surface area contributed by atoms with E-state index in [2.05, 4.69) is 0 Å². The van der Waals surface area contributed by atoms with Crippen molar-refractivity contribution in [2.75, 3.05) is 13.2 Å². The maximum absolute atomic E-state index is 12.3. The highest BCUT2D eigenvalue weighted by atomic mass is 16.7. The number of carbonyl (C=O) groups excluding carboxylic acids is 3. The van der Waals surface area contributed by atoms with Gasteiger partial charge in [0.1, 0.15) is 5.60 Å². The molecule has 1 fully saturated rings. The first-order chi connectivity index (χ1) is 11.8. The summed E-state index contributed by atoms with van der Waals surface area (Å²) in [5.41, 5.74) is 0.0963. The van der Waals surface area contributed by atoms with Gasteiger partial charge in [0, 0.05) is 6.54 Å². The van der Waals surface area contributed by atoms with Gasteiger partial charge in [0.05, 0.1) is 23.8 Å². The highest BCUT2D eigenvalue weighted by molar-refractivity contribution is 6.20. The Morgan fingerprint density at radius 1 is 1.16 bits per heavy atom. The van der Waals surface area contributed by atoms with Crippen LogP contribution in [0.25, 0.3) is 0 Å². The molecular weight excluding hydrogens is 324 g/mol. The number of hydrogen-bond acceptors (Lipinski definition) is 5. The predicted octanol–water partition coefficient (Wildman–Crippen LogP) is 2.61. The van der Waals surface area contributed by atoms with Crippen LogP contribution in [0.3, 0.4) is 0 Å². The number of ether oxygens (including phenoxy) is 1. The van der Waals surface area contributed by atoms with Gasteiger partial charge in [-0.15, -0.1) is 5.06 Å². The summed E-state index contributed by atoms with van der Waals surface area (Å²) in [5, 5.41) is 0.788. The van der Waals surface area contributed by atoms with E-state index in [1.165, 1.54) is 0 Å². The normalized spacial score (nSPS) is 20.2. The van der Waals surface area contributed by atoms with Crippen molar-refractivity contribution in [3.8, 4) is 0 Å². The van der Waals surface area contributed by atoms with E-state index in [-0.39, 0.29) is 12.6 Å². The Balaban J connectivity index is 1.63. The molecule has 0 aliphatic carbocycles. The number of benzene rings is 1. The van der Waals surface area contributed by atoms with E-state index >= 15 is 0 Å². The van der Waals surface area contributed by atoms with Crippen LogP contribution in [0.5, 0.6) is 0 Å². The summed E-state index contributed by atoms with van der Waals surface area (Å²) >= 11 is 0. The SMILES string of the molecule is CC(C)(C)OC(=O)N1CCC[C@H]1CON1C(=O)c2ccccc2C1=O. The predicted molar refractivity (Wildman–Crippen MR) is 88.9 cm³/mol. The summed E-state index contributed by atoms with van der Waals surface area (Å²) in [6.07, 6.45) is 1.17. The molecule has 7 heteroatoms. The van der Waals surface area contributed by atoms with Crippen LogP contribution in [0, 0.1) is 0 Å². The van der Waals surface area contributed by atoms with Gasteiger partial charge in [-0.25, -0.2) is 4.79 Å². The molecule has 7 nitrogen and oxygen atoms in total. The van der Waals surface area contributed by atoms with Crippen LogP contribution in [0.2, 0.25) is 0 Å². The Hall–Kier alpha value is -2.41. The number of hydroxylamine groups is 2. The first-order valence-electron chi connectivity index (χ1n) is 8.38. The second kappa shape index (κ2) is 6.48. The molecule has 1 atom stereocenters. The Bertz CT molecular complexity index is 675. The Kier molecular flexibility index (Phi) is 4.51. The first-order valence-corrected chi connectivity index (χ1v) is 8.38. The van der Waals surface area contributed by atoms with Gasteiger partial charge < -0.3 is 9.64 Å². The van der Waals surface area contributed by atoms with E-state index in [1.54, 1.807) is 29.2 Å². The van der Waals surface area contributed by atoms with Crippen LogP contribution in [0.15, 0.2) is 24.3 Å². The second-order valence-electron chi connectivity index (χ2n) is 7.22. The molecule has 0 spiro atoms. The number of hydrogen-bond donors (Lipinski definition) is 0. The quantitative estimate of drug-likeness (QED) is 0.787. The largest absolute Gasteiger partial charge is 0.444 e. The monoisotopic (exact) mass is 346 g/mol.